The van der Waals surface area contributed by atoms with Gasteiger partial charge in [0.1, 0.15) is 6.04 Å². The molecule has 0 saturated heterocycles. The molecule has 0 spiro atoms. The van der Waals surface area contributed by atoms with E-state index in [9.17, 15) is 19.8 Å². The fourth-order valence-corrected chi connectivity index (χ4v) is 1.44. The summed E-state index contributed by atoms with van der Waals surface area (Å²) in [5, 5.41) is 30.4. The summed E-state index contributed by atoms with van der Waals surface area (Å²) in [6.45, 7) is 2.05. The van der Waals surface area contributed by atoms with E-state index in [0.29, 0.717) is 6.42 Å². The van der Waals surface area contributed by atoms with Crippen LogP contribution in [0.5, 0.6) is 0 Å². The number of carbonyl (C=O) groups excluding carboxylic acids is 1. The van der Waals surface area contributed by atoms with Crippen molar-refractivity contribution in [3.05, 3.63) is 0 Å². The van der Waals surface area contributed by atoms with Crippen LogP contribution in [0.2, 0.25) is 0 Å². The molecule has 0 unspecified atom stereocenters. The molecule has 0 aliphatic rings. The predicted octanol–water partition coefficient (Wildman–Crippen LogP) is -0.682. The van der Waals surface area contributed by atoms with Crippen molar-refractivity contribution in [3.63, 3.8) is 0 Å². The molecule has 7 heteroatoms. The van der Waals surface area contributed by atoms with Gasteiger partial charge in [0, 0.05) is 5.97 Å². The Morgan fingerprint density at radius 2 is 1.79 bits per heavy atom. The second-order valence-corrected chi connectivity index (χ2v) is 4.10. The number of hydrogen-bond donors (Lipinski definition) is 1. The molecule has 0 saturated carbocycles. The first-order chi connectivity index (χ1) is 8.47. The Morgan fingerprint density at radius 3 is 2.26 bits per heavy atom. The smallest absolute Gasteiger partial charge is 0.862 e. The number of rotatable bonds is 10. The predicted molar refractivity (Wildman–Crippen MR) is 67.6 cm³/mol. The van der Waals surface area contributed by atoms with E-state index in [1.807, 2.05) is 6.92 Å². The fourth-order valence-electron chi connectivity index (χ4n) is 1.44. The molecule has 0 heterocycles. The standard InChI is InChI=1S/C12H21NO5.Ca/c1-2-3-4-5-6-10(14)13-9(12(17)18)7-8-11(15)16;/h9H,2-8H2,1H3,(H,13,14)(H,15,16)(H,17,18);/q;+2/p-2/t9-;/m0./s1. The summed E-state index contributed by atoms with van der Waals surface area (Å²) in [6.07, 6.45) is 3.27. The number of aliphatic imine (C=N–C) groups is 1. The molecule has 0 aromatic heterocycles. The van der Waals surface area contributed by atoms with Crippen molar-refractivity contribution in [2.75, 3.05) is 0 Å². The number of carboxylic acid groups (broad SMARTS) is 2. The quantitative estimate of drug-likeness (QED) is 0.248. The van der Waals surface area contributed by atoms with Gasteiger partial charge in [0.15, 0.2) is 0 Å². The van der Waals surface area contributed by atoms with E-state index in [0.717, 1.165) is 19.3 Å². The Hall–Kier alpha value is -0.330. The van der Waals surface area contributed by atoms with Crippen molar-refractivity contribution in [1.82, 2.24) is 0 Å². The van der Waals surface area contributed by atoms with Gasteiger partial charge in [-0.05, 0) is 31.6 Å². The molecule has 104 valence electrons. The van der Waals surface area contributed by atoms with Gasteiger partial charge in [-0.15, -0.1) is 0 Å². The molecule has 6 nitrogen and oxygen atoms in total. The van der Waals surface area contributed by atoms with Crippen LogP contribution in [-0.2, 0) is 9.59 Å². The van der Waals surface area contributed by atoms with Crippen molar-refractivity contribution in [2.45, 2.75) is 57.9 Å². The zero-order valence-electron chi connectivity index (χ0n) is 11.3. The van der Waals surface area contributed by atoms with E-state index in [-0.39, 0.29) is 50.6 Å². The number of aliphatic carboxylic acids is 2. The average Bonchev–Trinajstić information content (AvgIpc) is 2.29. The third-order valence-corrected chi connectivity index (χ3v) is 2.45. The van der Waals surface area contributed by atoms with Gasteiger partial charge in [-0.25, -0.2) is 4.79 Å². The van der Waals surface area contributed by atoms with Crippen LogP contribution in [0.25, 0.3) is 0 Å². The normalized spacial score (nSPS) is 12.6. The van der Waals surface area contributed by atoms with Gasteiger partial charge < -0.3 is 20.1 Å². The number of unbranched alkanes of at least 4 members (excludes halogenated alkanes) is 3. The number of hydrogen-bond acceptors (Lipinski definition) is 5. The Bertz CT molecular complexity index is 306. The summed E-state index contributed by atoms with van der Waals surface area (Å²) in [7, 11) is 0. The van der Waals surface area contributed by atoms with Crippen LogP contribution in [0.15, 0.2) is 4.99 Å². The van der Waals surface area contributed by atoms with E-state index in [1.165, 1.54) is 0 Å². The molecule has 0 bridgehead atoms. The maximum atomic E-state index is 11.4. The molecule has 0 aromatic rings. The Morgan fingerprint density at radius 1 is 1.16 bits per heavy atom. The molecule has 0 aromatic carbocycles. The van der Waals surface area contributed by atoms with Gasteiger partial charge in [0.2, 0.25) is 0 Å². The summed E-state index contributed by atoms with van der Waals surface area (Å²) in [6, 6.07) is -1.28. The first-order valence-corrected chi connectivity index (χ1v) is 6.13. The SMILES string of the molecule is CCCCCCC([O-])=N[C@@H](CCC(=O)[O-])C(=O)O.[Ca+2]. The first kappa shape index (κ1) is 21.0. The molecular weight excluding hydrogens is 278 g/mol. The zero-order valence-corrected chi connectivity index (χ0v) is 13.5. The van der Waals surface area contributed by atoms with Crippen LogP contribution in [0, 0.1) is 0 Å². The van der Waals surface area contributed by atoms with Crippen molar-refractivity contribution in [3.8, 4) is 0 Å². The molecule has 0 aliphatic heterocycles. The molecular formula is C12H19CaNO5. The van der Waals surface area contributed by atoms with Gasteiger partial charge in [-0.2, -0.15) is 0 Å². The largest absolute Gasteiger partial charge is 2.00 e. The minimum absolute atomic E-state index is 0. The fraction of sp³-hybridized carbons (Fsp3) is 0.750. The van der Waals surface area contributed by atoms with Crippen LogP contribution in [0.4, 0.5) is 0 Å². The third kappa shape index (κ3) is 12.4. The summed E-state index contributed by atoms with van der Waals surface area (Å²) in [5.41, 5.74) is 0. The van der Waals surface area contributed by atoms with Gasteiger partial charge in [0.05, 0.1) is 0 Å². The van der Waals surface area contributed by atoms with Crippen molar-refractivity contribution < 1.29 is 24.9 Å². The molecule has 1 atom stereocenters. The molecule has 0 amide bonds. The van der Waals surface area contributed by atoms with Crippen molar-refractivity contribution in [1.29, 1.82) is 0 Å². The van der Waals surface area contributed by atoms with E-state index < -0.39 is 30.3 Å². The summed E-state index contributed by atoms with van der Waals surface area (Å²) < 4.78 is 0. The van der Waals surface area contributed by atoms with Crippen LogP contribution in [0.3, 0.4) is 0 Å². The topological polar surface area (TPSA) is 113 Å². The summed E-state index contributed by atoms with van der Waals surface area (Å²) in [4.78, 5) is 24.5. The number of carbonyl (C=O) groups is 2. The van der Waals surface area contributed by atoms with Crippen molar-refractivity contribution in [2.24, 2.45) is 4.99 Å². The Labute approximate surface area is 142 Å². The Kier molecular flexibility index (Phi) is 14.0. The number of carboxylic acids is 2. The summed E-state index contributed by atoms with van der Waals surface area (Å²) >= 11 is 0. The van der Waals surface area contributed by atoms with Crippen LogP contribution in [0.1, 0.15) is 51.9 Å². The summed E-state index contributed by atoms with van der Waals surface area (Å²) in [5.74, 6) is -3.10. The number of nitrogens with zero attached hydrogens (tertiary/aromatic N) is 1. The zero-order chi connectivity index (χ0) is 14.0. The molecule has 0 radical (unpaired) electrons. The molecule has 1 N–H and O–H groups in total. The maximum absolute atomic E-state index is 11.4. The average molecular weight is 297 g/mol. The van der Waals surface area contributed by atoms with Crippen molar-refractivity contribution >= 4 is 55.6 Å². The van der Waals surface area contributed by atoms with Gasteiger partial charge >= 0.3 is 43.7 Å². The van der Waals surface area contributed by atoms with Gasteiger partial charge in [-0.3, -0.25) is 4.99 Å². The third-order valence-electron chi connectivity index (χ3n) is 2.45. The van der Waals surface area contributed by atoms with Gasteiger partial charge in [0.25, 0.3) is 0 Å². The minimum Gasteiger partial charge on any atom is -0.862 e. The van der Waals surface area contributed by atoms with E-state index in [1.54, 1.807) is 0 Å². The monoisotopic (exact) mass is 297 g/mol. The molecule has 0 fully saturated rings. The maximum Gasteiger partial charge on any atom is 2.00 e. The Balaban J connectivity index is 0. The van der Waals surface area contributed by atoms with E-state index in [2.05, 4.69) is 4.99 Å². The van der Waals surface area contributed by atoms with Crippen LogP contribution >= 0.6 is 0 Å². The van der Waals surface area contributed by atoms with Crippen LogP contribution < -0.4 is 10.2 Å². The molecule has 0 rings (SSSR count). The van der Waals surface area contributed by atoms with Gasteiger partial charge in [-0.1, -0.05) is 26.2 Å². The molecule has 19 heavy (non-hydrogen) atoms. The minimum atomic E-state index is -1.34. The molecule has 0 aliphatic carbocycles. The van der Waals surface area contributed by atoms with E-state index in [4.69, 9.17) is 5.11 Å². The second kappa shape index (κ2) is 12.7. The second-order valence-electron chi connectivity index (χ2n) is 4.10. The van der Waals surface area contributed by atoms with Crippen LogP contribution in [-0.4, -0.2) is 66.7 Å². The van der Waals surface area contributed by atoms with E-state index >= 15 is 0 Å². The first-order valence-electron chi connectivity index (χ1n) is 6.13.